The van der Waals surface area contributed by atoms with Crippen LogP contribution in [0.2, 0.25) is 0 Å². The summed E-state index contributed by atoms with van der Waals surface area (Å²) in [5, 5.41) is 17.5. The highest BCUT2D eigenvalue weighted by Crippen LogP contribution is 2.10. The molecule has 18 heavy (non-hydrogen) atoms. The average molecular weight is 245 g/mol. The number of allylic oxidation sites excluding steroid dienone is 1. The zero-order valence-electron chi connectivity index (χ0n) is 10.8. The van der Waals surface area contributed by atoms with Gasteiger partial charge in [-0.2, -0.15) is 0 Å². The van der Waals surface area contributed by atoms with Gasteiger partial charge in [-0.1, -0.05) is 18.2 Å². The molecule has 0 saturated heterocycles. The highest BCUT2D eigenvalue weighted by atomic mass is 16.3. The van der Waals surface area contributed by atoms with Gasteiger partial charge in [0.1, 0.15) is 11.5 Å². The van der Waals surface area contributed by atoms with Crippen LogP contribution in [-0.2, 0) is 0 Å². The van der Waals surface area contributed by atoms with Crippen LogP contribution < -0.4 is 21.2 Å². The fraction of sp³-hybridized carbons (Fsp3) is 0.357. The molecule has 1 aromatic carbocycles. The number of para-hydroxylation sites is 1. The zero-order chi connectivity index (χ0) is 13.0. The molecule has 0 saturated carbocycles. The Morgan fingerprint density at radius 1 is 1.44 bits per heavy atom. The van der Waals surface area contributed by atoms with Crippen molar-refractivity contribution < 1.29 is 5.11 Å². The number of fused-ring (bicyclic) bond motifs is 1. The fourth-order valence-electron chi connectivity index (χ4n) is 2.10. The number of hydrogen-bond donors (Lipinski definition) is 3. The van der Waals surface area contributed by atoms with Gasteiger partial charge >= 0.3 is 0 Å². The lowest BCUT2D eigenvalue weighted by Gasteiger charge is -2.29. The van der Waals surface area contributed by atoms with Crippen molar-refractivity contribution in [2.24, 2.45) is 4.99 Å². The highest BCUT2D eigenvalue weighted by molar-refractivity contribution is 5.44. The van der Waals surface area contributed by atoms with E-state index in [1.807, 2.05) is 50.3 Å². The van der Waals surface area contributed by atoms with Gasteiger partial charge in [0.2, 0.25) is 0 Å². The molecule has 1 heterocycles. The van der Waals surface area contributed by atoms with E-state index in [1.165, 1.54) is 0 Å². The first-order valence-electron chi connectivity index (χ1n) is 6.14. The molecule has 1 unspecified atom stereocenters. The molecular formula is C14H19N3O. The lowest BCUT2D eigenvalue weighted by atomic mass is 10.1. The van der Waals surface area contributed by atoms with Crippen molar-refractivity contribution in [3.05, 3.63) is 47.0 Å². The Morgan fingerprint density at radius 2 is 2.22 bits per heavy atom. The third-order valence-corrected chi connectivity index (χ3v) is 2.81. The van der Waals surface area contributed by atoms with Gasteiger partial charge in [0.05, 0.1) is 12.0 Å². The average Bonchev–Trinajstić information content (AvgIpc) is 2.35. The molecule has 0 radical (unpaired) electrons. The Labute approximate surface area is 107 Å². The minimum Gasteiger partial charge on any atom is -0.395 e. The molecule has 0 amide bonds. The topological polar surface area (TPSA) is 56.7 Å². The SMILES string of the molecule is C/C=C/C1(C)N=c2ccccc2=C(NCCO)N1. The number of hydrogen-bond acceptors (Lipinski definition) is 4. The number of nitrogens with zero attached hydrogens (tertiary/aromatic N) is 1. The third-order valence-electron chi connectivity index (χ3n) is 2.81. The molecule has 0 spiro atoms. The van der Waals surface area contributed by atoms with E-state index in [1.54, 1.807) is 0 Å². The predicted octanol–water partition coefficient (Wildman–Crippen LogP) is -0.151. The van der Waals surface area contributed by atoms with Gasteiger partial charge in [0.25, 0.3) is 0 Å². The maximum absolute atomic E-state index is 8.94. The van der Waals surface area contributed by atoms with Crippen molar-refractivity contribution >= 4 is 5.82 Å². The van der Waals surface area contributed by atoms with Crippen LogP contribution in [0.3, 0.4) is 0 Å². The Bertz CT molecular complexity index is 565. The largest absolute Gasteiger partial charge is 0.395 e. The van der Waals surface area contributed by atoms with Crippen LogP contribution in [0.15, 0.2) is 41.4 Å². The Balaban J connectivity index is 2.52. The zero-order valence-corrected chi connectivity index (χ0v) is 10.8. The van der Waals surface area contributed by atoms with Crippen LogP contribution in [0.4, 0.5) is 0 Å². The quantitative estimate of drug-likeness (QED) is 0.647. The first-order chi connectivity index (χ1) is 8.68. The number of nitrogens with one attached hydrogen (secondary N) is 2. The number of benzene rings is 1. The van der Waals surface area contributed by atoms with E-state index < -0.39 is 5.66 Å². The van der Waals surface area contributed by atoms with E-state index in [4.69, 9.17) is 10.1 Å². The lowest BCUT2D eigenvalue weighted by molar-refractivity contribution is 0.297. The molecule has 1 aliphatic rings. The summed E-state index contributed by atoms with van der Waals surface area (Å²) in [6, 6.07) is 7.97. The van der Waals surface area contributed by atoms with Crippen LogP contribution >= 0.6 is 0 Å². The summed E-state index contributed by atoms with van der Waals surface area (Å²) in [4.78, 5) is 4.70. The maximum Gasteiger partial charge on any atom is 0.147 e. The number of rotatable bonds is 4. The first kappa shape index (κ1) is 12.6. The molecule has 96 valence electrons. The van der Waals surface area contributed by atoms with Crippen molar-refractivity contribution in [3.8, 4) is 0 Å². The molecule has 2 rings (SSSR count). The second-order valence-corrected chi connectivity index (χ2v) is 4.43. The number of aliphatic hydroxyl groups excluding tert-OH is 1. The molecule has 0 fully saturated rings. The molecule has 1 aliphatic heterocycles. The summed E-state index contributed by atoms with van der Waals surface area (Å²) in [7, 11) is 0. The van der Waals surface area contributed by atoms with Crippen LogP contribution in [0, 0.1) is 0 Å². The van der Waals surface area contributed by atoms with E-state index in [9.17, 15) is 0 Å². The van der Waals surface area contributed by atoms with Gasteiger partial charge in [-0.05, 0) is 32.1 Å². The molecule has 3 N–H and O–H groups in total. The molecule has 0 aromatic heterocycles. The van der Waals surface area contributed by atoms with Gasteiger partial charge in [-0.25, -0.2) is 0 Å². The van der Waals surface area contributed by atoms with Crippen LogP contribution in [-0.4, -0.2) is 23.9 Å². The van der Waals surface area contributed by atoms with E-state index >= 15 is 0 Å². The molecule has 4 heteroatoms. The van der Waals surface area contributed by atoms with Crippen molar-refractivity contribution in [2.45, 2.75) is 19.5 Å². The van der Waals surface area contributed by atoms with Crippen LogP contribution in [0.1, 0.15) is 13.8 Å². The first-order valence-corrected chi connectivity index (χ1v) is 6.14. The maximum atomic E-state index is 8.94. The summed E-state index contributed by atoms with van der Waals surface area (Å²) in [6.07, 6.45) is 4.00. The lowest BCUT2D eigenvalue weighted by Crippen LogP contribution is -2.53. The molecule has 1 aromatic rings. The van der Waals surface area contributed by atoms with Crippen LogP contribution in [0.25, 0.3) is 5.82 Å². The van der Waals surface area contributed by atoms with Crippen LogP contribution in [0.5, 0.6) is 0 Å². The summed E-state index contributed by atoms with van der Waals surface area (Å²) in [6.45, 7) is 4.61. The summed E-state index contributed by atoms with van der Waals surface area (Å²) in [5.74, 6) is 0.912. The second-order valence-electron chi connectivity index (χ2n) is 4.43. The van der Waals surface area contributed by atoms with Crippen molar-refractivity contribution in [1.29, 1.82) is 0 Å². The second kappa shape index (κ2) is 5.23. The molecule has 4 nitrogen and oxygen atoms in total. The molecule has 0 aliphatic carbocycles. The van der Waals surface area contributed by atoms with Gasteiger partial charge in [0, 0.05) is 11.8 Å². The predicted molar refractivity (Wildman–Crippen MR) is 72.1 cm³/mol. The van der Waals surface area contributed by atoms with E-state index in [0.717, 1.165) is 16.4 Å². The summed E-state index contributed by atoms with van der Waals surface area (Å²) < 4.78 is 0. The summed E-state index contributed by atoms with van der Waals surface area (Å²) >= 11 is 0. The summed E-state index contributed by atoms with van der Waals surface area (Å²) in [5.41, 5.74) is -0.444. The van der Waals surface area contributed by atoms with Crippen molar-refractivity contribution in [3.63, 3.8) is 0 Å². The molecule has 1 atom stereocenters. The Hall–Kier alpha value is -1.81. The minimum absolute atomic E-state index is 0.102. The number of aliphatic hydroxyl groups is 1. The Kier molecular flexibility index (Phi) is 3.67. The molecule has 0 bridgehead atoms. The minimum atomic E-state index is -0.444. The fourth-order valence-corrected chi connectivity index (χ4v) is 2.10. The van der Waals surface area contributed by atoms with Gasteiger partial charge in [-0.15, -0.1) is 0 Å². The molecular weight excluding hydrogens is 226 g/mol. The van der Waals surface area contributed by atoms with Gasteiger partial charge in [-0.3, -0.25) is 4.99 Å². The smallest absolute Gasteiger partial charge is 0.147 e. The monoisotopic (exact) mass is 245 g/mol. The van der Waals surface area contributed by atoms with E-state index in [2.05, 4.69) is 10.6 Å². The van der Waals surface area contributed by atoms with Crippen molar-refractivity contribution in [2.75, 3.05) is 13.2 Å². The van der Waals surface area contributed by atoms with Gasteiger partial charge < -0.3 is 15.7 Å². The highest BCUT2D eigenvalue weighted by Gasteiger charge is 2.23. The normalized spacial score (nSPS) is 22.3. The van der Waals surface area contributed by atoms with Crippen molar-refractivity contribution in [1.82, 2.24) is 10.6 Å². The van der Waals surface area contributed by atoms with E-state index in [-0.39, 0.29) is 6.61 Å². The third kappa shape index (κ3) is 2.54. The standard InChI is InChI=1S/C14H19N3O/c1-3-8-14(2)16-12-7-5-4-6-11(12)13(17-14)15-9-10-18/h3-8,15,17-18H,9-10H2,1-2H3/b8-3+. The van der Waals surface area contributed by atoms with Gasteiger partial charge in [0.15, 0.2) is 0 Å². The van der Waals surface area contributed by atoms with E-state index in [0.29, 0.717) is 6.54 Å². The Morgan fingerprint density at radius 3 is 2.94 bits per heavy atom.